The molecule has 2 unspecified atom stereocenters. The Kier molecular flexibility index (Phi) is 6.14. The van der Waals surface area contributed by atoms with Gasteiger partial charge in [0.2, 0.25) is 0 Å². The number of rotatable bonds is 4. The third kappa shape index (κ3) is 5.50. The van der Waals surface area contributed by atoms with Gasteiger partial charge in [0.1, 0.15) is 11.6 Å². The maximum absolute atomic E-state index is 12.2. The van der Waals surface area contributed by atoms with E-state index in [-0.39, 0.29) is 11.7 Å². The molecule has 0 aromatic rings. The van der Waals surface area contributed by atoms with Gasteiger partial charge in [0.15, 0.2) is 5.78 Å². The molecule has 124 valence electrons. The second kappa shape index (κ2) is 7.42. The van der Waals surface area contributed by atoms with E-state index in [1.807, 2.05) is 0 Å². The molecule has 0 aromatic carbocycles. The predicted molar refractivity (Wildman–Crippen MR) is 81.3 cm³/mol. The first kappa shape index (κ1) is 18.2. The van der Waals surface area contributed by atoms with Gasteiger partial charge in [-0.1, -0.05) is 6.08 Å². The number of carbonyl (C=O) groups is 3. The second-order valence-electron chi connectivity index (χ2n) is 6.52. The molecule has 2 atom stereocenters. The first-order valence-electron chi connectivity index (χ1n) is 7.38. The Hall–Kier alpha value is -1.85. The van der Waals surface area contributed by atoms with Gasteiger partial charge in [0.05, 0.1) is 7.11 Å². The van der Waals surface area contributed by atoms with Crippen molar-refractivity contribution in [3.8, 4) is 0 Å². The van der Waals surface area contributed by atoms with Crippen molar-refractivity contribution in [2.75, 3.05) is 13.7 Å². The number of likely N-dealkylation sites (tertiary alicyclic amines) is 1. The van der Waals surface area contributed by atoms with Crippen LogP contribution in [0.25, 0.3) is 0 Å². The lowest BCUT2D eigenvalue weighted by atomic mass is 10.0. The molecule has 0 spiro atoms. The molecule has 0 N–H and O–H groups in total. The average Bonchev–Trinajstić information content (AvgIpc) is 2.79. The van der Waals surface area contributed by atoms with Crippen molar-refractivity contribution in [1.82, 2.24) is 4.90 Å². The number of ketones is 1. The molecule has 1 amide bonds. The number of ether oxygens (including phenoxy) is 2. The summed E-state index contributed by atoms with van der Waals surface area (Å²) in [5.41, 5.74) is -0.621. The Morgan fingerprint density at radius 3 is 2.41 bits per heavy atom. The van der Waals surface area contributed by atoms with E-state index in [4.69, 9.17) is 9.47 Å². The van der Waals surface area contributed by atoms with Crippen LogP contribution < -0.4 is 0 Å². The number of nitrogens with zero attached hydrogens (tertiary/aromatic N) is 1. The average molecular weight is 311 g/mol. The Morgan fingerprint density at radius 1 is 1.27 bits per heavy atom. The van der Waals surface area contributed by atoms with Gasteiger partial charge in [-0.3, -0.25) is 9.69 Å². The van der Waals surface area contributed by atoms with Crippen LogP contribution in [0.2, 0.25) is 0 Å². The fourth-order valence-electron chi connectivity index (χ4n) is 2.40. The molecule has 6 nitrogen and oxygen atoms in total. The van der Waals surface area contributed by atoms with E-state index < -0.39 is 23.7 Å². The van der Waals surface area contributed by atoms with E-state index in [0.717, 1.165) is 0 Å². The molecule has 0 saturated carbocycles. The molecule has 0 bridgehead atoms. The minimum atomic E-state index is -0.629. The number of hydrogen-bond donors (Lipinski definition) is 0. The molecule has 1 fully saturated rings. The largest absolute Gasteiger partial charge is 0.467 e. The summed E-state index contributed by atoms with van der Waals surface area (Å²) in [6.45, 7) is 7.23. The van der Waals surface area contributed by atoms with Crippen LogP contribution in [0.5, 0.6) is 0 Å². The minimum absolute atomic E-state index is 0.0217. The highest BCUT2D eigenvalue weighted by Crippen LogP contribution is 2.28. The summed E-state index contributed by atoms with van der Waals surface area (Å²) in [6, 6.07) is -0.629. The summed E-state index contributed by atoms with van der Waals surface area (Å²) < 4.78 is 10.1. The summed E-state index contributed by atoms with van der Waals surface area (Å²) in [7, 11) is 1.30. The van der Waals surface area contributed by atoms with E-state index in [1.165, 1.54) is 25.0 Å². The number of methoxy groups -OCH3 is 1. The van der Waals surface area contributed by atoms with Crippen molar-refractivity contribution in [2.45, 2.75) is 52.2 Å². The number of hydrogen-bond acceptors (Lipinski definition) is 5. The van der Waals surface area contributed by atoms with Gasteiger partial charge in [-0.05, 0) is 52.5 Å². The molecule has 0 aliphatic carbocycles. The summed E-state index contributed by atoms with van der Waals surface area (Å²) in [4.78, 5) is 36.5. The van der Waals surface area contributed by atoms with E-state index in [9.17, 15) is 14.4 Å². The fourth-order valence-corrected chi connectivity index (χ4v) is 2.40. The Morgan fingerprint density at radius 2 is 1.91 bits per heavy atom. The van der Waals surface area contributed by atoms with Gasteiger partial charge in [0.25, 0.3) is 0 Å². The van der Waals surface area contributed by atoms with Crippen LogP contribution in [-0.4, -0.2) is 48.0 Å². The van der Waals surface area contributed by atoms with Crippen molar-refractivity contribution in [1.29, 1.82) is 0 Å². The lowest BCUT2D eigenvalue weighted by Gasteiger charge is -2.27. The normalized spacial score (nSPS) is 22.0. The van der Waals surface area contributed by atoms with Crippen LogP contribution in [0.15, 0.2) is 12.2 Å². The maximum Gasteiger partial charge on any atom is 0.411 e. The van der Waals surface area contributed by atoms with E-state index in [1.54, 1.807) is 26.8 Å². The zero-order chi connectivity index (χ0) is 16.9. The van der Waals surface area contributed by atoms with Crippen LogP contribution in [0, 0.1) is 5.92 Å². The predicted octanol–water partition coefficient (Wildman–Crippen LogP) is 2.32. The standard InChI is InChI=1S/C16H25NO5/c1-11(18)7-6-8-12-9-13(14(19)21-5)17(10-12)15(20)22-16(2,3)4/h6-7,12-13H,8-10H2,1-5H3. The minimum Gasteiger partial charge on any atom is -0.467 e. The molecule has 6 heteroatoms. The van der Waals surface area contributed by atoms with E-state index >= 15 is 0 Å². The molecule has 1 aliphatic rings. The van der Waals surface area contributed by atoms with Crippen molar-refractivity contribution in [3.63, 3.8) is 0 Å². The Bertz CT molecular complexity index is 464. The Balaban J connectivity index is 2.77. The van der Waals surface area contributed by atoms with Gasteiger partial charge >= 0.3 is 12.1 Å². The summed E-state index contributed by atoms with van der Waals surface area (Å²) >= 11 is 0. The van der Waals surface area contributed by atoms with Crippen molar-refractivity contribution in [2.24, 2.45) is 5.92 Å². The summed E-state index contributed by atoms with van der Waals surface area (Å²) in [6.07, 6.45) is 3.91. The highest BCUT2D eigenvalue weighted by molar-refractivity contribution is 5.87. The first-order valence-corrected chi connectivity index (χ1v) is 7.38. The Labute approximate surface area is 131 Å². The van der Waals surface area contributed by atoms with Crippen molar-refractivity contribution in [3.05, 3.63) is 12.2 Å². The van der Waals surface area contributed by atoms with Crippen LogP contribution in [0.1, 0.15) is 40.5 Å². The highest BCUT2D eigenvalue weighted by Gasteiger charge is 2.41. The lowest BCUT2D eigenvalue weighted by molar-refractivity contribution is -0.145. The third-order valence-corrected chi connectivity index (χ3v) is 3.31. The van der Waals surface area contributed by atoms with Gasteiger partial charge in [-0.25, -0.2) is 9.59 Å². The quantitative estimate of drug-likeness (QED) is 0.588. The van der Waals surface area contributed by atoms with E-state index in [0.29, 0.717) is 19.4 Å². The molecule has 1 heterocycles. The topological polar surface area (TPSA) is 72.9 Å². The molecule has 0 radical (unpaired) electrons. The van der Waals surface area contributed by atoms with Gasteiger partial charge in [0, 0.05) is 6.54 Å². The molecule has 1 saturated heterocycles. The fraction of sp³-hybridized carbons (Fsp3) is 0.688. The lowest BCUT2D eigenvalue weighted by Crippen LogP contribution is -2.43. The highest BCUT2D eigenvalue weighted by atomic mass is 16.6. The molecule has 22 heavy (non-hydrogen) atoms. The summed E-state index contributed by atoms with van der Waals surface area (Å²) in [5, 5.41) is 0. The maximum atomic E-state index is 12.2. The molecule has 1 rings (SSSR count). The smallest absolute Gasteiger partial charge is 0.411 e. The molecular formula is C16H25NO5. The van der Waals surface area contributed by atoms with Gasteiger partial charge in [-0.2, -0.15) is 0 Å². The number of allylic oxidation sites excluding steroid dienone is 2. The SMILES string of the molecule is COC(=O)C1CC(CC=CC(C)=O)CN1C(=O)OC(C)(C)C. The molecular weight excluding hydrogens is 286 g/mol. The van der Waals surface area contributed by atoms with Crippen LogP contribution in [0.4, 0.5) is 4.79 Å². The molecule has 1 aliphatic heterocycles. The second-order valence-corrected chi connectivity index (χ2v) is 6.52. The first-order chi connectivity index (χ1) is 10.1. The van der Waals surface area contributed by atoms with Crippen molar-refractivity contribution >= 4 is 17.8 Å². The van der Waals surface area contributed by atoms with Crippen molar-refractivity contribution < 1.29 is 23.9 Å². The van der Waals surface area contributed by atoms with Crippen LogP contribution >= 0.6 is 0 Å². The van der Waals surface area contributed by atoms with Crippen LogP contribution in [0.3, 0.4) is 0 Å². The monoisotopic (exact) mass is 311 g/mol. The summed E-state index contributed by atoms with van der Waals surface area (Å²) in [5.74, 6) is -0.359. The third-order valence-electron chi connectivity index (χ3n) is 3.31. The van der Waals surface area contributed by atoms with Crippen LogP contribution in [-0.2, 0) is 19.1 Å². The number of amides is 1. The number of esters is 1. The zero-order valence-corrected chi connectivity index (χ0v) is 13.9. The van der Waals surface area contributed by atoms with Gasteiger partial charge in [-0.15, -0.1) is 0 Å². The molecule has 0 aromatic heterocycles. The number of carbonyl (C=O) groups excluding carboxylic acids is 3. The van der Waals surface area contributed by atoms with E-state index in [2.05, 4.69) is 0 Å². The zero-order valence-electron chi connectivity index (χ0n) is 13.9. The van der Waals surface area contributed by atoms with Gasteiger partial charge < -0.3 is 9.47 Å².